The maximum absolute atomic E-state index is 12.4. The average Bonchev–Trinajstić information content (AvgIpc) is 3.37. The van der Waals surface area contributed by atoms with E-state index in [9.17, 15) is 9.59 Å². The fraction of sp³-hybridized carbons (Fsp3) is 0.0500. The molecule has 2 N–H and O–H groups in total. The molecule has 0 aliphatic heterocycles. The van der Waals surface area contributed by atoms with Crippen molar-refractivity contribution in [2.45, 2.75) is 5.16 Å². The highest BCUT2D eigenvalue weighted by Crippen LogP contribution is 2.26. The van der Waals surface area contributed by atoms with Crippen LogP contribution >= 0.6 is 34.7 Å². The second-order valence-electron chi connectivity index (χ2n) is 6.46. The van der Waals surface area contributed by atoms with Crippen molar-refractivity contribution in [3.05, 3.63) is 70.1 Å². The quantitative estimate of drug-likeness (QED) is 0.297. The van der Waals surface area contributed by atoms with Crippen LogP contribution in [0.5, 0.6) is 0 Å². The number of para-hydroxylation sites is 1. The van der Waals surface area contributed by atoms with Crippen molar-refractivity contribution in [3.8, 4) is 5.69 Å². The number of rotatable bonds is 5. The summed E-state index contributed by atoms with van der Waals surface area (Å²) in [5.41, 5.74) is 1.64. The zero-order valence-electron chi connectivity index (χ0n) is 15.7. The number of thiazole rings is 1. The van der Waals surface area contributed by atoms with Gasteiger partial charge in [-0.05, 0) is 36.4 Å². The maximum atomic E-state index is 12.4. The molecule has 0 unspecified atom stereocenters. The highest BCUT2D eigenvalue weighted by atomic mass is 35.5. The van der Waals surface area contributed by atoms with Crippen LogP contribution in [0.3, 0.4) is 0 Å². The van der Waals surface area contributed by atoms with E-state index in [2.05, 4.69) is 25.4 Å². The van der Waals surface area contributed by atoms with Crippen molar-refractivity contribution < 1.29 is 4.79 Å². The van der Waals surface area contributed by atoms with Gasteiger partial charge in [0.25, 0.3) is 5.56 Å². The number of thioether (sulfide) groups is 1. The maximum Gasteiger partial charge on any atom is 0.262 e. The van der Waals surface area contributed by atoms with Crippen LogP contribution in [0.2, 0.25) is 5.02 Å². The van der Waals surface area contributed by atoms with E-state index in [-0.39, 0.29) is 17.2 Å². The number of amides is 1. The Morgan fingerprint density at radius 1 is 1.16 bits per heavy atom. The van der Waals surface area contributed by atoms with Gasteiger partial charge in [0.2, 0.25) is 5.91 Å². The highest BCUT2D eigenvalue weighted by molar-refractivity contribution is 7.99. The second-order valence-corrected chi connectivity index (χ2v) is 8.90. The monoisotopic (exact) mass is 468 g/mol. The lowest BCUT2D eigenvalue weighted by molar-refractivity contribution is -0.113. The average molecular weight is 469 g/mol. The third kappa shape index (κ3) is 4.05. The first kappa shape index (κ1) is 19.7. The van der Waals surface area contributed by atoms with Crippen LogP contribution in [0, 0.1) is 0 Å². The minimum Gasteiger partial charge on any atom is -0.301 e. The summed E-state index contributed by atoms with van der Waals surface area (Å²) < 4.78 is 2.56. The van der Waals surface area contributed by atoms with Gasteiger partial charge in [0, 0.05) is 5.02 Å². The summed E-state index contributed by atoms with van der Waals surface area (Å²) >= 11 is 8.48. The predicted octanol–water partition coefficient (Wildman–Crippen LogP) is 4.10. The molecule has 0 radical (unpaired) electrons. The molecule has 0 aliphatic carbocycles. The van der Waals surface area contributed by atoms with Gasteiger partial charge in [-0.1, -0.05) is 46.8 Å². The number of nitrogens with zero attached hydrogens (tertiary/aromatic N) is 4. The molecule has 0 saturated heterocycles. The van der Waals surface area contributed by atoms with Crippen molar-refractivity contribution in [1.29, 1.82) is 0 Å². The topological polar surface area (TPSA) is 106 Å². The zero-order chi connectivity index (χ0) is 21.4. The Morgan fingerprint density at radius 3 is 2.77 bits per heavy atom. The smallest absolute Gasteiger partial charge is 0.262 e. The Morgan fingerprint density at radius 2 is 1.97 bits per heavy atom. The number of nitrogens with one attached hydrogen (secondary N) is 2. The minimum absolute atomic E-state index is 0.0689. The van der Waals surface area contributed by atoms with E-state index in [0.29, 0.717) is 26.3 Å². The summed E-state index contributed by atoms with van der Waals surface area (Å²) in [7, 11) is 0. The lowest BCUT2D eigenvalue weighted by Gasteiger charge is -2.05. The molecule has 0 fully saturated rings. The standard InChI is InChI=1S/C20H13ClN6O2S2/c21-11-5-7-12(8-6-11)27-17-13(9-22-27)18(29)26-19(25-17)30-10-16(28)24-20-23-14-3-1-2-4-15(14)31-20/h1-9H,10H2,(H,23,24,28)(H,25,26,29). The largest absolute Gasteiger partial charge is 0.301 e. The summed E-state index contributed by atoms with van der Waals surface area (Å²) in [6, 6.07) is 14.7. The first-order valence-corrected chi connectivity index (χ1v) is 11.3. The fourth-order valence-electron chi connectivity index (χ4n) is 2.95. The Hall–Kier alpha value is -3.21. The van der Waals surface area contributed by atoms with Gasteiger partial charge >= 0.3 is 0 Å². The molecular weight excluding hydrogens is 456 g/mol. The SMILES string of the molecule is O=C(CSc1nc2c(cnn2-c2ccc(Cl)cc2)c(=O)[nH]1)Nc1nc2ccccc2s1. The molecule has 0 atom stereocenters. The van der Waals surface area contributed by atoms with Gasteiger partial charge in [-0.2, -0.15) is 5.10 Å². The molecule has 0 saturated carbocycles. The molecule has 5 rings (SSSR count). The number of hydrogen-bond acceptors (Lipinski definition) is 7. The van der Waals surface area contributed by atoms with E-state index in [0.717, 1.165) is 27.7 Å². The van der Waals surface area contributed by atoms with E-state index >= 15 is 0 Å². The van der Waals surface area contributed by atoms with Crippen LogP contribution in [0.4, 0.5) is 5.13 Å². The molecule has 0 bridgehead atoms. The van der Waals surface area contributed by atoms with E-state index in [1.54, 1.807) is 28.9 Å². The Labute approximate surface area is 188 Å². The van der Waals surface area contributed by atoms with Crippen LogP contribution in [0.1, 0.15) is 0 Å². The van der Waals surface area contributed by atoms with Crippen molar-refractivity contribution in [3.63, 3.8) is 0 Å². The Kier molecular flexibility index (Phi) is 5.18. The normalized spacial score (nSPS) is 11.3. The van der Waals surface area contributed by atoms with Gasteiger partial charge in [-0.3, -0.25) is 9.59 Å². The molecule has 3 aromatic heterocycles. The minimum atomic E-state index is -0.320. The molecular formula is C20H13ClN6O2S2. The zero-order valence-corrected chi connectivity index (χ0v) is 18.1. The van der Waals surface area contributed by atoms with E-state index in [1.807, 2.05) is 24.3 Å². The summed E-state index contributed by atoms with van der Waals surface area (Å²) in [4.78, 5) is 36.4. The van der Waals surface area contributed by atoms with Gasteiger partial charge < -0.3 is 10.3 Å². The molecule has 2 aromatic carbocycles. The summed E-state index contributed by atoms with van der Waals surface area (Å²) in [6.45, 7) is 0. The summed E-state index contributed by atoms with van der Waals surface area (Å²) in [5, 5.41) is 8.87. The number of carbonyl (C=O) groups is 1. The first-order valence-electron chi connectivity index (χ1n) is 9.09. The van der Waals surface area contributed by atoms with Gasteiger partial charge in [-0.25, -0.2) is 14.6 Å². The number of aromatic nitrogens is 5. The van der Waals surface area contributed by atoms with Crippen LogP contribution < -0.4 is 10.9 Å². The second kappa shape index (κ2) is 8.14. The Balaban J connectivity index is 1.35. The molecule has 0 spiro atoms. The lowest BCUT2D eigenvalue weighted by Crippen LogP contribution is -2.15. The van der Waals surface area contributed by atoms with E-state index in [1.165, 1.54) is 17.5 Å². The fourth-order valence-corrected chi connectivity index (χ4v) is 4.62. The number of carbonyl (C=O) groups excluding carboxylic acids is 1. The molecule has 1 amide bonds. The van der Waals surface area contributed by atoms with Crippen LogP contribution in [0.25, 0.3) is 26.9 Å². The predicted molar refractivity (Wildman–Crippen MR) is 123 cm³/mol. The van der Waals surface area contributed by atoms with Crippen molar-refractivity contribution in [2.75, 3.05) is 11.1 Å². The van der Waals surface area contributed by atoms with Gasteiger partial charge in [-0.15, -0.1) is 0 Å². The summed E-state index contributed by atoms with van der Waals surface area (Å²) in [5.74, 6) is -0.169. The molecule has 5 aromatic rings. The van der Waals surface area contributed by atoms with Gasteiger partial charge in [0.15, 0.2) is 15.9 Å². The molecule has 31 heavy (non-hydrogen) atoms. The number of aromatic amines is 1. The Bertz CT molecular complexity index is 1440. The van der Waals surface area contributed by atoms with Crippen molar-refractivity contribution in [2.24, 2.45) is 0 Å². The van der Waals surface area contributed by atoms with Gasteiger partial charge in [0.1, 0.15) is 5.39 Å². The van der Waals surface area contributed by atoms with Crippen LogP contribution in [-0.2, 0) is 4.79 Å². The number of H-pyrrole nitrogens is 1. The molecule has 154 valence electrons. The number of benzene rings is 2. The third-order valence-corrected chi connectivity index (χ3v) is 6.44. The van der Waals surface area contributed by atoms with Crippen molar-refractivity contribution >= 4 is 67.0 Å². The molecule has 3 heterocycles. The van der Waals surface area contributed by atoms with Crippen LogP contribution in [0.15, 0.2) is 64.7 Å². The molecule has 8 nitrogen and oxygen atoms in total. The third-order valence-electron chi connectivity index (χ3n) is 4.37. The van der Waals surface area contributed by atoms with Crippen LogP contribution in [-0.4, -0.2) is 36.4 Å². The molecule has 0 aliphatic rings. The number of fused-ring (bicyclic) bond motifs is 2. The van der Waals surface area contributed by atoms with E-state index < -0.39 is 0 Å². The number of hydrogen-bond donors (Lipinski definition) is 2. The first-order chi connectivity index (χ1) is 15.1. The molecule has 11 heteroatoms. The number of halogens is 1. The van der Waals surface area contributed by atoms with Crippen molar-refractivity contribution in [1.82, 2.24) is 24.7 Å². The summed E-state index contributed by atoms with van der Waals surface area (Å²) in [6.07, 6.45) is 1.46. The lowest BCUT2D eigenvalue weighted by atomic mass is 10.3. The van der Waals surface area contributed by atoms with E-state index in [4.69, 9.17) is 11.6 Å². The van der Waals surface area contributed by atoms with Gasteiger partial charge in [0.05, 0.1) is 27.9 Å². The number of anilines is 1. The highest BCUT2D eigenvalue weighted by Gasteiger charge is 2.14.